The van der Waals surface area contributed by atoms with Crippen molar-refractivity contribution in [3.63, 3.8) is 0 Å². The lowest BCUT2D eigenvalue weighted by Gasteiger charge is -2.57. The van der Waals surface area contributed by atoms with Crippen LogP contribution in [0.15, 0.2) is 12.3 Å². The third-order valence-electron chi connectivity index (χ3n) is 5.92. The van der Waals surface area contributed by atoms with Gasteiger partial charge < -0.3 is 19.5 Å². The molecule has 3 aliphatic heterocycles. The molecule has 1 N–H and O–H groups in total. The van der Waals surface area contributed by atoms with Crippen LogP contribution in [-0.2, 0) is 9.31 Å². The average Bonchev–Trinajstić information content (AvgIpc) is 2.64. The minimum absolute atomic E-state index is 0.263. The molecule has 0 bridgehead atoms. The van der Waals surface area contributed by atoms with Gasteiger partial charge in [0.15, 0.2) is 0 Å². The van der Waals surface area contributed by atoms with Crippen molar-refractivity contribution in [2.24, 2.45) is 0 Å². The van der Waals surface area contributed by atoms with Crippen LogP contribution in [0.5, 0.6) is 0 Å². The smallest absolute Gasteiger partial charge is 0.399 e. The van der Waals surface area contributed by atoms with Gasteiger partial charge in [0.25, 0.3) is 0 Å². The third-order valence-corrected chi connectivity index (χ3v) is 5.92. The molecule has 1 aromatic rings. The van der Waals surface area contributed by atoms with Crippen LogP contribution in [0.1, 0.15) is 39.7 Å². The Bertz CT molecular complexity index is 700. The van der Waals surface area contributed by atoms with Crippen LogP contribution in [0.4, 0.5) is 5.82 Å². The molecule has 1 spiro atoms. The Kier molecular flexibility index (Phi) is 3.27. The normalized spacial score (nSPS) is 26.0. The van der Waals surface area contributed by atoms with E-state index in [0.717, 1.165) is 30.9 Å². The van der Waals surface area contributed by atoms with E-state index in [2.05, 4.69) is 21.3 Å². The average molecular weight is 326 g/mol. The van der Waals surface area contributed by atoms with Crippen LogP contribution < -0.4 is 15.7 Å². The monoisotopic (exact) mass is 326 g/mol. The quantitative estimate of drug-likeness (QED) is 0.811. The lowest BCUT2D eigenvalue weighted by Crippen LogP contribution is -2.76. The number of pyridine rings is 1. The molecule has 0 saturated carbocycles. The Hall–Kier alpha value is -1.62. The van der Waals surface area contributed by atoms with Crippen LogP contribution in [0, 0.1) is 11.3 Å². The van der Waals surface area contributed by atoms with Gasteiger partial charge in [0, 0.05) is 24.7 Å². The first kappa shape index (κ1) is 15.9. The molecule has 3 fully saturated rings. The van der Waals surface area contributed by atoms with E-state index in [1.165, 1.54) is 6.42 Å². The van der Waals surface area contributed by atoms with E-state index in [4.69, 9.17) is 9.31 Å². The van der Waals surface area contributed by atoms with Crippen LogP contribution >= 0.6 is 0 Å². The summed E-state index contributed by atoms with van der Waals surface area (Å²) in [7, 11) is -0.486. The molecule has 0 atom stereocenters. The SMILES string of the molecule is CC1(C)OB(c2cnc(N3CC4(CCN4)C3)c(C#N)c2)OC1(C)C. The molecule has 3 saturated heterocycles. The van der Waals surface area contributed by atoms with Crippen molar-refractivity contribution >= 4 is 18.4 Å². The van der Waals surface area contributed by atoms with Gasteiger partial charge in [-0.3, -0.25) is 0 Å². The van der Waals surface area contributed by atoms with E-state index < -0.39 is 18.3 Å². The zero-order valence-corrected chi connectivity index (χ0v) is 14.7. The summed E-state index contributed by atoms with van der Waals surface area (Å²) in [4.78, 5) is 6.72. The van der Waals surface area contributed by atoms with Crippen LogP contribution in [0.2, 0.25) is 0 Å². The number of rotatable bonds is 2. The van der Waals surface area contributed by atoms with E-state index in [1.807, 2.05) is 33.8 Å². The number of aromatic nitrogens is 1. The predicted molar refractivity (Wildman–Crippen MR) is 92.2 cm³/mol. The minimum atomic E-state index is -0.486. The molecule has 0 aliphatic carbocycles. The lowest BCUT2D eigenvalue weighted by molar-refractivity contribution is 0.00578. The largest absolute Gasteiger partial charge is 0.496 e. The van der Waals surface area contributed by atoms with Crippen molar-refractivity contribution in [1.29, 1.82) is 5.26 Å². The molecule has 24 heavy (non-hydrogen) atoms. The molecule has 0 unspecified atom stereocenters. The fourth-order valence-corrected chi connectivity index (χ4v) is 3.50. The van der Waals surface area contributed by atoms with E-state index in [9.17, 15) is 5.26 Å². The van der Waals surface area contributed by atoms with Gasteiger partial charge in [-0.05, 0) is 46.7 Å². The number of nitriles is 1. The van der Waals surface area contributed by atoms with Crippen LogP contribution in [-0.4, -0.2) is 48.5 Å². The first-order chi connectivity index (χ1) is 11.3. The molecule has 4 heterocycles. The fourth-order valence-electron chi connectivity index (χ4n) is 3.50. The summed E-state index contributed by atoms with van der Waals surface area (Å²) in [5.41, 5.74) is 0.840. The molecule has 0 radical (unpaired) electrons. The standard InChI is InChI=1S/C17H23BN4O2/c1-15(2)16(3,4)24-18(23-15)13-7-12(8-19)14(20-9-13)22-10-17(11-22)5-6-21-17/h7,9,21H,5-6,10-11H2,1-4H3. The zero-order valence-electron chi connectivity index (χ0n) is 14.7. The first-order valence-corrected chi connectivity index (χ1v) is 8.51. The Morgan fingerprint density at radius 2 is 1.88 bits per heavy atom. The summed E-state index contributed by atoms with van der Waals surface area (Å²) in [5.74, 6) is 0.761. The van der Waals surface area contributed by atoms with Crippen molar-refractivity contribution < 1.29 is 9.31 Å². The summed E-state index contributed by atoms with van der Waals surface area (Å²) in [6, 6.07) is 4.13. The molecule has 0 amide bonds. The molecule has 126 valence electrons. The third kappa shape index (κ3) is 2.25. The van der Waals surface area contributed by atoms with Crippen LogP contribution in [0.25, 0.3) is 0 Å². The first-order valence-electron chi connectivity index (χ1n) is 8.51. The second-order valence-corrected chi connectivity index (χ2v) is 8.15. The van der Waals surface area contributed by atoms with E-state index in [0.29, 0.717) is 5.56 Å². The van der Waals surface area contributed by atoms with Crippen molar-refractivity contribution in [1.82, 2.24) is 10.3 Å². The second-order valence-electron chi connectivity index (χ2n) is 8.15. The highest BCUT2D eigenvalue weighted by molar-refractivity contribution is 6.62. The van der Waals surface area contributed by atoms with Crippen molar-refractivity contribution in [3.05, 3.63) is 17.8 Å². The van der Waals surface area contributed by atoms with Crippen molar-refractivity contribution in [2.75, 3.05) is 24.5 Å². The number of anilines is 1. The molecule has 6 nitrogen and oxygen atoms in total. The van der Waals surface area contributed by atoms with Gasteiger partial charge in [-0.15, -0.1) is 0 Å². The predicted octanol–water partition coefficient (Wildman–Crippen LogP) is 0.805. The maximum absolute atomic E-state index is 9.55. The number of nitrogens with zero attached hydrogens (tertiary/aromatic N) is 3. The van der Waals surface area contributed by atoms with Gasteiger partial charge in [0.2, 0.25) is 0 Å². The summed E-state index contributed by atoms with van der Waals surface area (Å²) < 4.78 is 12.1. The van der Waals surface area contributed by atoms with Gasteiger partial charge in [0.05, 0.1) is 22.3 Å². The van der Waals surface area contributed by atoms with E-state index in [1.54, 1.807) is 6.20 Å². The second kappa shape index (κ2) is 4.95. The van der Waals surface area contributed by atoms with Gasteiger partial charge in [-0.2, -0.15) is 5.26 Å². The highest BCUT2D eigenvalue weighted by Gasteiger charge is 2.52. The Balaban J connectivity index is 1.56. The van der Waals surface area contributed by atoms with Crippen molar-refractivity contribution in [2.45, 2.75) is 50.9 Å². The highest BCUT2D eigenvalue weighted by Crippen LogP contribution is 2.37. The molecular weight excluding hydrogens is 303 g/mol. The molecular formula is C17H23BN4O2. The maximum atomic E-state index is 9.55. The van der Waals surface area contributed by atoms with Crippen molar-refractivity contribution in [3.8, 4) is 6.07 Å². The number of nitrogens with one attached hydrogen (secondary N) is 1. The van der Waals surface area contributed by atoms with Crippen LogP contribution in [0.3, 0.4) is 0 Å². The van der Waals surface area contributed by atoms with E-state index in [-0.39, 0.29) is 5.54 Å². The molecule has 3 aliphatic rings. The number of hydrogen-bond donors (Lipinski definition) is 1. The van der Waals surface area contributed by atoms with Gasteiger partial charge in [0.1, 0.15) is 11.9 Å². The number of hydrogen-bond acceptors (Lipinski definition) is 6. The topological polar surface area (TPSA) is 70.4 Å². The molecule has 4 rings (SSSR count). The summed E-state index contributed by atoms with van der Waals surface area (Å²) >= 11 is 0. The summed E-state index contributed by atoms with van der Waals surface area (Å²) in [5, 5.41) is 13.0. The molecule has 7 heteroatoms. The molecule has 1 aromatic heterocycles. The summed E-state index contributed by atoms with van der Waals surface area (Å²) in [6.07, 6.45) is 2.98. The Morgan fingerprint density at radius 1 is 1.25 bits per heavy atom. The minimum Gasteiger partial charge on any atom is -0.399 e. The maximum Gasteiger partial charge on any atom is 0.496 e. The Labute approximate surface area is 143 Å². The Morgan fingerprint density at radius 3 is 2.38 bits per heavy atom. The van der Waals surface area contributed by atoms with E-state index >= 15 is 0 Å². The fraction of sp³-hybridized carbons (Fsp3) is 0.647. The zero-order chi connectivity index (χ0) is 17.2. The lowest BCUT2D eigenvalue weighted by atomic mass is 9.78. The van der Waals surface area contributed by atoms with Gasteiger partial charge >= 0.3 is 7.12 Å². The highest BCUT2D eigenvalue weighted by atomic mass is 16.7. The van der Waals surface area contributed by atoms with Gasteiger partial charge in [-0.25, -0.2) is 4.98 Å². The summed E-state index contributed by atoms with van der Waals surface area (Å²) in [6.45, 7) is 11.0. The van der Waals surface area contributed by atoms with Gasteiger partial charge in [-0.1, -0.05) is 0 Å². The molecule has 0 aromatic carbocycles.